The lowest BCUT2D eigenvalue weighted by Crippen LogP contribution is -2.32. The predicted molar refractivity (Wildman–Crippen MR) is 72.8 cm³/mol. The smallest absolute Gasteiger partial charge is 0.324 e. The van der Waals surface area contributed by atoms with Crippen LogP contribution in [0.5, 0.6) is 0 Å². The zero-order valence-electron chi connectivity index (χ0n) is 10.8. The first kappa shape index (κ1) is 15.1. The van der Waals surface area contributed by atoms with E-state index < -0.39 is 0 Å². The van der Waals surface area contributed by atoms with Crippen LogP contribution in [0.2, 0.25) is 0 Å². The molecular formula is C12H20N2O3S. The van der Waals surface area contributed by atoms with E-state index in [9.17, 15) is 15.2 Å². The number of nitrogens with one attached hydrogen (secondary N) is 1. The van der Waals surface area contributed by atoms with E-state index in [1.165, 1.54) is 17.4 Å². The number of aliphatic hydroxyl groups is 1. The summed E-state index contributed by atoms with van der Waals surface area (Å²) in [5.74, 6) is 0.315. The lowest BCUT2D eigenvalue weighted by molar-refractivity contribution is -0.380. The molecule has 0 aliphatic rings. The van der Waals surface area contributed by atoms with Crippen LogP contribution in [0, 0.1) is 16.0 Å². The monoisotopic (exact) mass is 272 g/mol. The maximum absolute atomic E-state index is 10.5. The van der Waals surface area contributed by atoms with E-state index in [1.54, 1.807) is 6.07 Å². The summed E-state index contributed by atoms with van der Waals surface area (Å²) < 4.78 is 0. The van der Waals surface area contributed by atoms with Crippen molar-refractivity contribution in [1.82, 2.24) is 5.32 Å². The topological polar surface area (TPSA) is 75.4 Å². The highest BCUT2D eigenvalue weighted by Crippen LogP contribution is 2.23. The minimum Gasteiger partial charge on any atom is -0.392 e. The fraction of sp³-hybridized carbons (Fsp3) is 0.667. The number of aliphatic hydroxyl groups excluding tert-OH is 1. The molecule has 0 fully saturated rings. The minimum absolute atomic E-state index is 0.160. The SMILES string of the molecule is CCC(CC)C(O)CNCc1ccc([N+](=O)[O-])s1. The highest BCUT2D eigenvalue weighted by atomic mass is 32.1. The molecule has 0 saturated carbocycles. The van der Waals surface area contributed by atoms with Gasteiger partial charge in [-0.1, -0.05) is 38.0 Å². The Balaban J connectivity index is 2.34. The van der Waals surface area contributed by atoms with Crippen molar-refractivity contribution in [2.45, 2.75) is 39.3 Å². The predicted octanol–water partition coefficient (Wildman–Crippen LogP) is 2.54. The molecule has 0 amide bonds. The number of nitro groups is 1. The molecule has 102 valence electrons. The number of rotatable bonds is 8. The molecule has 0 spiro atoms. The normalized spacial score (nSPS) is 12.9. The minimum atomic E-state index is -0.382. The van der Waals surface area contributed by atoms with E-state index in [0.717, 1.165) is 17.7 Å². The van der Waals surface area contributed by atoms with Crippen LogP contribution in [0.25, 0.3) is 0 Å². The third kappa shape index (κ3) is 4.36. The molecule has 1 aromatic heterocycles. The quantitative estimate of drug-likeness (QED) is 0.563. The molecule has 1 heterocycles. The fourth-order valence-electron chi connectivity index (χ4n) is 1.90. The Morgan fingerprint density at radius 1 is 1.44 bits per heavy atom. The van der Waals surface area contributed by atoms with Crippen molar-refractivity contribution in [1.29, 1.82) is 0 Å². The summed E-state index contributed by atoms with van der Waals surface area (Å²) in [5.41, 5.74) is 0. The van der Waals surface area contributed by atoms with E-state index in [4.69, 9.17) is 0 Å². The Kier molecular flexibility index (Phi) is 6.24. The molecule has 0 aliphatic carbocycles. The van der Waals surface area contributed by atoms with Gasteiger partial charge in [0.25, 0.3) is 0 Å². The van der Waals surface area contributed by atoms with Crippen molar-refractivity contribution in [3.05, 3.63) is 27.1 Å². The van der Waals surface area contributed by atoms with Crippen LogP contribution in [-0.2, 0) is 6.54 Å². The Labute approximate surface area is 111 Å². The molecule has 0 radical (unpaired) electrons. The van der Waals surface area contributed by atoms with Gasteiger partial charge in [0, 0.05) is 24.0 Å². The van der Waals surface area contributed by atoms with Gasteiger partial charge in [0.15, 0.2) is 0 Å². The molecule has 1 unspecified atom stereocenters. The van der Waals surface area contributed by atoms with Gasteiger partial charge in [0.2, 0.25) is 0 Å². The molecule has 18 heavy (non-hydrogen) atoms. The summed E-state index contributed by atoms with van der Waals surface area (Å²) in [6.45, 7) is 5.23. The Bertz CT molecular complexity index is 377. The van der Waals surface area contributed by atoms with Crippen LogP contribution < -0.4 is 5.32 Å². The highest BCUT2D eigenvalue weighted by Gasteiger charge is 2.15. The first-order chi connectivity index (χ1) is 8.58. The van der Waals surface area contributed by atoms with Crippen molar-refractivity contribution in [3.8, 4) is 0 Å². The molecule has 2 N–H and O–H groups in total. The Morgan fingerprint density at radius 3 is 2.61 bits per heavy atom. The van der Waals surface area contributed by atoms with Gasteiger partial charge in [0.1, 0.15) is 0 Å². The van der Waals surface area contributed by atoms with Crippen LogP contribution in [0.15, 0.2) is 12.1 Å². The van der Waals surface area contributed by atoms with E-state index in [-0.39, 0.29) is 16.0 Å². The Hall–Kier alpha value is -0.980. The molecule has 0 bridgehead atoms. The van der Waals surface area contributed by atoms with E-state index >= 15 is 0 Å². The summed E-state index contributed by atoms with van der Waals surface area (Å²) in [7, 11) is 0. The number of thiophene rings is 1. The van der Waals surface area contributed by atoms with Crippen LogP contribution in [0.4, 0.5) is 5.00 Å². The van der Waals surface area contributed by atoms with Crippen molar-refractivity contribution >= 4 is 16.3 Å². The van der Waals surface area contributed by atoms with Crippen LogP contribution in [0.1, 0.15) is 31.6 Å². The average Bonchev–Trinajstić information content (AvgIpc) is 2.79. The first-order valence-electron chi connectivity index (χ1n) is 6.20. The first-order valence-corrected chi connectivity index (χ1v) is 7.02. The molecule has 0 aromatic carbocycles. The summed E-state index contributed by atoms with van der Waals surface area (Å²) in [6.07, 6.45) is 1.57. The Morgan fingerprint density at radius 2 is 2.11 bits per heavy atom. The molecule has 1 aromatic rings. The molecule has 0 saturated heterocycles. The summed E-state index contributed by atoms with van der Waals surface area (Å²) in [6, 6.07) is 3.26. The van der Waals surface area contributed by atoms with E-state index in [2.05, 4.69) is 19.2 Å². The number of hydrogen-bond acceptors (Lipinski definition) is 5. The maximum Gasteiger partial charge on any atom is 0.324 e. The van der Waals surface area contributed by atoms with Gasteiger partial charge in [-0.05, 0) is 12.0 Å². The molecule has 6 heteroatoms. The van der Waals surface area contributed by atoms with Gasteiger partial charge in [-0.3, -0.25) is 10.1 Å². The summed E-state index contributed by atoms with van der Waals surface area (Å²) in [5, 5.41) is 23.7. The lowest BCUT2D eigenvalue weighted by atomic mass is 9.97. The van der Waals surface area contributed by atoms with Gasteiger partial charge in [0.05, 0.1) is 11.0 Å². The van der Waals surface area contributed by atoms with Gasteiger partial charge in [-0.15, -0.1) is 0 Å². The molecule has 5 nitrogen and oxygen atoms in total. The zero-order valence-corrected chi connectivity index (χ0v) is 11.6. The molecule has 1 rings (SSSR count). The summed E-state index contributed by atoms with van der Waals surface area (Å²) >= 11 is 1.17. The molecule has 0 aliphatic heterocycles. The molecular weight excluding hydrogens is 252 g/mol. The fourth-order valence-corrected chi connectivity index (χ4v) is 2.69. The number of hydrogen-bond donors (Lipinski definition) is 2. The van der Waals surface area contributed by atoms with Gasteiger partial charge >= 0.3 is 5.00 Å². The highest BCUT2D eigenvalue weighted by molar-refractivity contribution is 7.15. The lowest BCUT2D eigenvalue weighted by Gasteiger charge is -2.20. The van der Waals surface area contributed by atoms with Crippen molar-refractivity contribution < 1.29 is 10.0 Å². The van der Waals surface area contributed by atoms with Gasteiger partial charge < -0.3 is 10.4 Å². The van der Waals surface area contributed by atoms with Crippen molar-refractivity contribution in [3.63, 3.8) is 0 Å². The standard InChI is InChI=1S/C12H20N2O3S/c1-3-9(4-2)11(15)8-13-7-10-5-6-12(18-10)14(16)17/h5-6,9,11,13,15H,3-4,7-8H2,1-2H3. The van der Waals surface area contributed by atoms with Crippen LogP contribution in [0.3, 0.4) is 0 Å². The van der Waals surface area contributed by atoms with E-state index in [1.807, 2.05) is 0 Å². The van der Waals surface area contributed by atoms with Crippen LogP contribution in [-0.4, -0.2) is 22.7 Å². The van der Waals surface area contributed by atoms with E-state index in [0.29, 0.717) is 19.0 Å². The summed E-state index contributed by atoms with van der Waals surface area (Å²) in [4.78, 5) is 11.1. The van der Waals surface area contributed by atoms with Gasteiger partial charge in [-0.25, -0.2) is 0 Å². The third-order valence-electron chi connectivity index (χ3n) is 3.07. The van der Waals surface area contributed by atoms with Crippen LogP contribution >= 0.6 is 11.3 Å². The van der Waals surface area contributed by atoms with Crippen molar-refractivity contribution in [2.24, 2.45) is 5.92 Å². The second kappa shape index (κ2) is 7.45. The molecule has 1 atom stereocenters. The maximum atomic E-state index is 10.5. The largest absolute Gasteiger partial charge is 0.392 e. The number of nitrogens with zero attached hydrogens (tertiary/aromatic N) is 1. The third-order valence-corrected chi connectivity index (χ3v) is 4.11. The second-order valence-electron chi connectivity index (χ2n) is 4.27. The zero-order chi connectivity index (χ0) is 13.5. The van der Waals surface area contributed by atoms with Crippen molar-refractivity contribution in [2.75, 3.05) is 6.54 Å². The average molecular weight is 272 g/mol. The second-order valence-corrected chi connectivity index (χ2v) is 5.42. The van der Waals surface area contributed by atoms with Gasteiger partial charge in [-0.2, -0.15) is 0 Å².